The van der Waals surface area contributed by atoms with Gasteiger partial charge in [-0.2, -0.15) is 4.98 Å². The number of nitrogens with zero attached hydrogens (tertiary/aromatic N) is 2. The van der Waals surface area contributed by atoms with Crippen LogP contribution >= 0.6 is 0 Å². The molecule has 0 unspecified atom stereocenters. The molecule has 0 spiro atoms. The Morgan fingerprint density at radius 3 is 2.73 bits per heavy atom. The number of aryl methyl sites for hydroxylation is 1. The Labute approximate surface area is 90.3 Å². The van der Waals surface area contributed by atoms with Gasteiger partial charge in [0.15, 0.2) is 0 Å². The lowest BCUT2D eigenvalue weighted by atomic mass is 10.0. The molecule has 1 aromatic rings. The van der Waals surface area contributed by atoms with Gasteiger partial charge in [-0.25, -0.2) is 4.79 Å². The minimum Gasteiger partial charge on any atom is -0.310 e. The lowest BCUT2D eigenvalue weighted by Gasteiger charge is -2.24. The maximum Gasteiger partial charge on any atom is 0.345 e. The first-order valence-corrected chi connectivity index (χ1v) is 5.44. The van der Waals surface area contributed by atoms with Crippen molar-refractivity contribution in [3.8, 4) is 0 Å². The third-order valence-electron chi connectivity index (χ3n) is 2.50. The van der Waals surface area contributed by atoms with E-state index in [1.54, 1.807) is 0 Å². The van der Waals surface area contributed by atoms with Gasteiger partial charge in [-0.1, -0.05) is 13.8 Å². The maximum absolute atomic E-state index is 11.1. The predicted molar refractivity (Wildman–Crippen MR) is 61.0 cm³/mol. The minimum atomic E-state index is -0.230. The first-order valence-electron chi connectivity index (χ1n) is 5.44. The fourth-order valence-corrected chi connectivity index (χ4v) is 1.77. The quantitative estimate of drug-likeness (QED) is 0.696. The van der Waals surface area contributed by atoms with E-state index in [0.717, 1.165) is 30.9 Å². The molecule has 0 bridgehead atoms. The van der Waals surface area contributed by atoms with Gasteiger partial charge in [0, 0.05) is 18.8 Å². The van der Waals surface area contributed by atoms with Crippen LogP contribution in [0.4, 0.5) is 0 Å². The molecule has 2 heterocycles. The number of H-pyrrole nitrogens is 1. The van der Waals surface area contributed by atoms with E-state index in [1.807, 2.05) is 27.8 Å². The molecule has 4 heteroatoms. The highest BCUT2D eigenvalue weighted by molar-refractivity contribution is 5.25. The average molecular weight is 209 g/mol. The highest BCUT2D eigenvalue weighted by atomic mass is 16.1. The Hall–Kier alpha value is -1.16. The van der Waals surface area contributed by atoms with E-state index in [4.69, 9.17) is 0 Å². The summed E-state index contributed by atoms with van der Waals surface area (Å²) in [6.45, 7) is 7.77. The molecule has 0 fully saturated rings. The lowest BCUT2D eigenvalue weighted by Crippen LogP contribution is -2.31. The standard InChI is InChI=1S/C9H13N3O.C2H6/c1-6-7-3-4-12(2)5-8(7)11-9(13)10-6;1-2/h3-5H2,1-2H3,(H,10,11,13);1-2H3. The first kappa shape index (κ1) is 11.9. The minimum absolute atomic E-state index is 0.230. The van der Waals surface area contributed by atoms with Crippen LogP contribution in [0, 0.1) is 6.92 Å². The van der Waals surface area contributed by atoms with Gasteiger partial charge in [-0.3, -0.25) is 0 Å². The monoisotopic (exact) mass is 209 g/mol. The molecule has 4 nitrogen and oxygen atoms in total. The number of aromatic nitrogens is 2. The zero-order chi connectivity index (χ0) is 11.4. The zero-order valence-corrected chi connectivity index (χ0v) is 9.92. The van der Waals surface area contributed by atoms with Gasteiger partial charge in [0.1, 0.15) is 0 Å². The highest BCUT2D eigenvalue weighted by Crippen LogP contribution is 2.15. The largest absolute Gasteiger partial charge is 0.345 e. The SMILES string of the molecule is CC.Cc1[nH]c(=O)nc2c1CCN(C)C2. The van der Waals surface area contributed by atoms with Gasteiger partial charge >= 0.3 is 5.69 Å². The average Bonchev–Trinajstić information content (AvgIpc) is 2.19. The van der Waals surface area contributed by atoms with Crippen LogP contribution in [0.15, 0.2) is 4.79 Å². The summed E-state index contributed by atoms with van der Waals surface area (Å²) in [6, 6.07) is 0. The molecule has 0 saturated heterocycles. The van der Waals surface area contributed by atoms with Gasteiger partial charge in [-0.05, 0) is 26.0 Å². The van der Waals surface area contributed by atoms with Gasteiger partial charge in [0.2, 0.25) is 0 Å². The lowest BCUT2D eigenvalue weighted by molar-refractivity contribution is 0.305. The molecule has 0 aromatic carbocycles. The second-order valence-corrected chi connectivity index (χ2v) is 3.58. The van der Waals surface area contributed by atoms with Crippen LogP contribution in [0.5, 0.6) is 0 Å². The number of nitrogens with one attached hydrogen (secondary N) is 1. The van der Waals surface area contributed by atoms with E-state index in [0.29, 0.717) is 0 Å². The fourth-order valence-electron chi connectivity index (χ4n) is 1.77. The summed E-state index contributed by atoms with van der Waals surface area (Å²) in [4.78, 5) is 20.0. The van der Waals surface area contributed by atoms with Crippen molar-refractivity contribution < 1.29 is 0 Å². The van der Waals surface area contributed by atoms with E-state index in [1.165, 1.54) is 5.56 Å². The molecule has 0 radical (unpaired) electrons. The second kappa shape index (κ2) is 5.07. The summed E-state index contributed by atoms with van der Waals surface area (Å²) in [5.41, 5.74) is 2.90. The summed E-state index contributed by atoms with van der Waals surface area (Å²) in [5, 5.41) is 0. The third kappa shape index (κ3) is 2.65. The molecule has 0 atom stereocenters. The molecular formula is C11H19N3O. The summed E-state index contributed by atoms with van der Waals surface area (Å²) >= 11 is 0. The van der Waals surface area contributed by atoms with E-state index in [9.17, 15) is 4.79 Å². The molecule has 1 aliphatic rings. The molecule has 1 aromatic heterocycles. The van der Waals surface area contributed by atoms with Crippen molar-refractivity contribution in [2.24, 2.45) is 0 Å². The van der Waals surface area contributed by atoms with Crippen LogP contribution < -0.4 is 5.69 Å². The van der Waals surface area contributed by atoms with Crippen molar-refractivity contribution in [3.63, 3.8) is 0 Å². The van der Waals surface area contributed by atoms with E-state index >= 15 is 0 Å². The van der Waals surface area contributed by atoms with Crippen molar-refractivity contribution in [3.05, 3.63) is 27.4 Å². The smallest absolute Gasteiger partial charge is 0.310 e. The molecule has 2 rings (SSSR count). The van der Waals surface area contributed by atoms with E-state index in [2.05, 4.69) is 14.9 Å². The Morgan fingerprint density at radius 1 is 1.40 bits per heavy atom. The van der Waals surface area contributed by atoms with Crippen molar-refractivity contribution in [1.29, 1.82) is 0 Å². The van der Waals surface area contributed by atoms with Crippen molar-refractivity contribution >= 4 is 0 Å². The van der Waals surface area contributed by atoms with Crippen molar-refractivity contribution in [1.82, 2.24) is 14.9 Å². The zero-order valence-electron chi connectivity index (χ0n) is 9.92. The molecule has 15 heavy (non-hydrogen) atoms. The van der Waals surface area contributed by atoms with Crippen LogP contribution in [0.3, 0.4) is 0 Å². The summed E-state index contributed by atoms with van der Waals surface area (Å²) in [5.74, 6) is 0. The molecule has 84 valence electrons. The van der Waals surface area contributed by atoms with E-state index in [-0.39, 0.29) is 5.69 Å². The number of hydrogen-bond acceptors (Lipinski definition) is 3. The molecule has 1 N–H and O–H groups in total. The highest BCUT2D eigenvalue weighted by Gasteiger charge is 2.16. The summed E-state index contributed by atoms with van der Waals surface area (Å²) in [7, 11) is 2.04. The van der Waals surface area contributed by atoms with Gasteiger partial charge < -0.3 is 9.88 Å². The third-order valence-corrected chi connectivity index (χ3v) is 2.50. The molecule has 1 aliphatic heterocycles. The van der Waals surface area contributed by atoms with Crippen LogP contribution in [-0.4, -0.2) is 28.5 Å². The first-order chi connectivity index (χ1) is 7.16. The molecular weight excluding hydrogens is 190 g/mol. The normalized spacial score (nSPS) is 15.2. The van der Waals surface area contributed by atoms with Gasteiger partial charge in [0.25, 0.3) is 0 Å². The van der Waals surface area contributed by atoms with Gasteiger partial charge in [0.05, 0.1) is 5.69 Å². The molecule has 0 saturated carbocycles. The Balaban J connectivity index is 0.000000531. The summed E-state index contributed by atoms with van der Waals surface area (Å²) in [6.07, 6.45) is 0.988. The van der Waals surface area contributed by atoms with E-state index < -0.39 is 0 Å². The van der Waals surface area contributed by atoms with Crippen LogP contribution in [-0.2, 0) is 13.0 Å². The number of aromatic amines is 1. The molecule has 0 aliphatic carbocycles. The Kier molecular flexibility index (Phi) is 4.03. The van der Waals surface area contributed by atoms with Crippen molar-refractivity contribution in [2.45, 2.75) is 33.7 Å². The van der Waals surface area contributed by atoms with Crippen molar-refractivity contribution in [2.75, 3.05) is 13.6 Å². The number of likely N-dealkylation sites (N-methyl/N-ethyl adjacent to an activating group) is 1. The molecule has 0 amide bonds. The predicted octanol–water partition coefficient (Wildman–Crippen LogP) is 1.09. The Morgan fingerprint density at radius 2 is 2.07 bits per heavy atom. The number of hydrogen-bond donors (Lipinski definition) is 1. The summed E-state index contributed by atoms with van der Waals surface area (Å²) < 4.78 is 0. The van der Waals surface area contributed by atoms with Crippen LogP contribution in [0.1, 0.15) is 30.8 Å². The second-order valence-electron chi connectivity index (χ2n) is 3.58. The number of fused-ring (bicyclic) bond motifs is 1. The Bertz CT molecular complexity index is 384. The van der Waals surface area contributed by atoms with Crippen LogP contribution in [0.2, 0.25) is 0 Å². The van der Waals surface area contributed by atoms with Crippen LogP contribution in [0.25, 0.3) is 0 Å². The fraction of sp³-hybridized carbons (Fsp3) is 0.636. The number of rotatable bonds is 0. The maximum atomic E-state index is 11.1. The topological polar surface area (TPSA) is 49.0 Å². The van der Waals surface area contributed by atoms with Gasteiger partial charge in [-0.15, -0.1) is 0 Å².